The summed E-state index contributed by atoms with van der Waals surface area (Å²) in [6, 6.07) is 24.6. The fraction of sp³-hybridized carbons (Fsp3) is 0.488. The van der Waals surface area contributed by atoms with Crippen LogP contribution in [0.5, 0.6) is 5.75 Å². The Balaban J connectivity index is 1.24. The molecule has 3 aromatic carbocycles. The molecule has 11 heteroatoms. The van der Waals surface area contributed by atoms with E-state index in [1.165, 1.54) is 11.1 Å². The zero-order valence-electron chi connectivity index (χ0n) is 31.7. The number of hydrogen-bond acceptors (Lipinski definition) is 8. The fourth-order valence-electron chi connectivity index (χ4n) is 7.04. The predicted octanol–water partition coefficient (Wildman–Crippen LogP) is 7.86. The first kappa shape index (κ1) is 36.5. The van der Waals surface area contributed by atoms with E-state index in [1.54, 1.807) is 0 Å². The number of piperazine rings is 1. The van der Waals surface area contributed by atoms with E-state index in [-0.39, 0.29) is 6.23 Å². The third-order valence-electron chi connectivity index (χ3n) is 10.3. The van der Waals surface area contributed by atoms with Crippen LogP contribution in [0.4, 0.5) is 0 Å². The van der Waals surface area contributed by atoms with Gasteiger partial charge in [0.25, 0.3) is 0 Å². The van der Waals surface area contributed by atoms with Gasteiger partial charge in [0, 0.05) is 52.9 Å². The van der Waals surface area contributed by atoms with E-state index >= 15 is 0 Å². The average molecular weight is 722 g/mol. The quantitative estimate of drug-likeness (QED) is 0.0847. The van der Waals surface area contributed by atoms with Gasteiger partial charge in [0.15, 0.2) is 17.9 Å². The molecule has 2 aliphatic rings. The first-order valence-corrected chi connectivity index (χ1v) is 22.8. The van der Waals surface area contributed by atoms with Gasteiger partial charge in [0.2, 0.25) is 0 Å². The van der Waals surface area contributed by atoms with E-state index in [0.29, 0.717) is 26.5 Å². The van der Waals surface area contributed by atoms with Crippen molar-refractivity contribution in [2.45, 2.75) is 84.4 Å². The monoisotopic (exact) mass is 721 g/mol. The van der Waals surface area contributed by atoms with Crippen LogP contribution in [-0.2, 0) is 35.8 Å². The van der Waals surface area contributed by atoms with Crippen LogP contribution in [0.2, 0.25) is 25.7 Å². The van der Waals surface area contributed by atoms with Crippen LogP contribution in [0.3, 0.4) is 0 Å². The van der Waals surface area contributed by atoms with Gasteiger partial charge in [-0.2, -0.15) is 10.2 Å². The molecule has 4 heterocycles. The fourth-order valence-corrected chi connectivity index (χ4v) is 7.79. The average Bonchev–Trinajstić information content (AvgIpc) is 3.74. The lowest BCUT2D eigenvalue weighted by atomic mass is 9.96. The number of aromatic nitrogens is 5. The van der Waals surface area contributed by atoms with Crippen molar-refractivity contribution in [1.29, 1.82) is 0 Å². The lowest BCUT2D eigenvalue weighted by molar-refractivity contribution is -0.0365. The third kappa shape index (κ3) is 8.83. The van der Waals surface area contributed by atoms with E-state index in [1.807, 2.05) is 22.9 Å². The number of benzene rings is 3. The topological polar surface area (TPSA) is 82.7 Å². The molecule has 52 heavy (non-hydrogen) atoms. The predicted molar refractivity (Wildman–Crippen MR) is 210 cm³/mol. The molecule has 0 aliphatic carbocycles. The maximum absolute atomic E-state index is 6.36. The van der Waals surface area contributed by atoms with Crippen LogP contribution < -0.4 is 4.74 Å². The van der Waals surface area contributed by atoms with Gasteiger partial charge in [-0.1, -0.05) is 69.0 Å². The lowest BCUT2D eigenvalue weighted by Crippen LogP contribution is -2.44. The second kappa shape index (κ2) is 16.4. The number of aryl methyl sites for hydroxylation is 1. The Morgan fingerprint density at radius 1 is 0.923 bits per heavy atom. The van der Waals surface area contributed by atoms with Gasteiger partial charge in [-0.05, 0) is 85.3 Å². The maximum atomic E-state index is 6.36. The maximum Gasteiger partial charge on any atom is 0.181 e. The van der Waals surface area contributed by atoms with Crippen LogP contribution in [-0.4, -0.2) is 88.9 Å². The largest absolute Gasteiger partial charge is 0.489 e. The van der Waals surface area contributed by atoms with Gasteiger partial charge in [0.1, 0.15) is 24.8 Å². The van der Waals surface area contributed by atoms with Crippen LogP contribution in [0, 0.1) is 0 Å². The molecule has 0 N–H and O–H groups in total. The molecule has 0 bridgehead atoms. The summed E-state index contributed by atoms with van der Waals surface area (Å²) in [5.74, 6) is 2.44. The van der Waals surface area contributed by atoms with Crippen molar-refractivity contribution in [2.24, 2.45) is 0 Å². The second-order valence-electron chi connectivity index (χ2n) is 15.6. The molecule has 0 radical (unpaired) electrons. The molecule has 0 amide bonds. The van der Waals surface area contributed by atoms with Gasteiger partial charge < -0.3 is 19.1 Å². The Morgan fingerprint density at radius 2 is 1.75 bits per heavy atom. The minimum atomic E-state index is -1.23. The van der Waals surface area contributed by atoms with Crippen molar-refractivity contribution in [2.75, 3.05) is 46.4 Å². The molecule has 1 atom stereocenters. The Labute approximate surface area is 309 Å². The van der Waals surface area contributed by atoms with Gasteiger partial charge in [-0.25, -0.2) is 14.3 Å². The molecule has 5 aromatic rings. The van der Waals surface area contributed by atoms with Crippen molar-refractivity contribution in [1.82, 2.24) is 34.3 Å². The first-order chi connectivity index (χ1) is 25.2. The Bertz CT molecular complexity index is 1920. The summed E-state index contributed by atoms with van der Waals surface area (Å²) in [7, 11) is 0.949. The third-order valence-corrected chi connectivity index (χ3v) is 12.0. The van der Waals surface area contributed by atoms with Crippen molar-refractivity contribution >= 4 is 19.0 Å². The zero-order valence-corrected chi connectivity index (χ0v) is 32.7. The highest BCUT2D eigenvalue weighted by atomic mass is 28.3. The number of rotatable bonds is 14. The zero-order chi connectivity index (χ0) is 36.1. The molecule has 7 rings (SSSR count). The molecule has 2 aliphatic heterocycles. The SMILES string of the molecule is CCc1cc(OCc2ccccc2)ccc1-c1ccc2c(-c3nc(CN4CCN(C)CC4)nn3COCC[Si](C)(C)C)nn(C3CCCCO3)c2c1. The molecule has 1 unspecified atom stereocenters. The minimum Gasteiger partial charge on any atom is -0.489 e. The van der Waals surface area contributed by atoms with E-state index in [0.717, 1.165) is 110 Å². The Kier molecular flexibility index (Phi) is 11.5. The lowest BCUT2D eigenvalue weighted by Gasteiger charge is -2.31. The molecule has 276 valence electrons. The van der Waals surface area contributed by atoms with Gasteiger partial charge in [-0.3, -0.25) is 4.90 Å². The first-order valence-electron chi connectivity index (χ1n) is 19.1. The van der Waals surface area contributed by atoms with Crippen molar-refractivity contribution in [3.63, 3.8) is 0 Å². The second-order valence-corrected chi connectivity index (χ2v) is 21.2. The van der Waals surface area contributed by atoms with Gasteiger partial charge in [-0.15, -0.1) is 0 Å². The van der Waals surface area contributed by atoms with Gasteiger partial charge >= 0.3 is 0 Å². The number of hydrogen-bond donors (Lipinski definition) is 0. The number of fused-ring (bicyclic) bond motifs is 1. The van der Waals surface area contributed by atoms with Crippen molar-refractivity contribution in [3.05, 3.63) is 83.7 Å². The van der Waals surface area contributed by atoms with Crippen molar-refractivity contribution < 1.29 is 14.2 Å². The van der Waals surface area contributed by atoms with E-state index in [4.69, 9.17) is 29.4 Å². The van der Waals surface area contributed by atoms with Gasteiger partial charge in [0.05, 0.1) is 12.1 Å². The summed E-state index contributed by atoms with van der Waals surface area (Å²) in [4.78, 5) is 10.00. The van der Waals surface area contributed by atoms with Crippen LogP contribution in [0.15, 0.2) is 66.7 Å². The smallest absolute Gasteiger partial charge is 0.181 e. The number of ether oxygens (including phenoxy) is 3. The van der Waals surface area contributed by atoms with Crippen LogP contribution >= 0.6 is 0 Å². The summed E-state index contributed by atoms with van der Waals surface area (Å²) in [5, 5.41) is 11.4. The molecular formula is C41H55N7O3Si. The molecule has 0 spiro atoms. The highest BCUT2D eigenvalue weighted by Gasteiger charge is 2.26. The summed E-state index contributed by atoms with van der Waals surface area (Å²) in [5.41, 5.74) is 6.61. The molecule has 10 nitrogen and oxygen atoms in total. The standard InChI is InChI=1S/C41H55N7O3Si/c1-6-32-26-34(51-29-31-12-8-7-9-13-31)16-18-35(32)33-15-17-36-37(27-33)48(39-14-10-11-23-50-39)44-40(36)41-42-38(28-46-21-19-45(2)20-22-46)43-47(41)30-49-24-25-52(3,4)5/h7-9,12-13,15-18,26-27,39H,6,10-11,14,19-25,28-30H2,1-5H3. The molecule has 0 saturated carbocycles. The molecule has 2 aromatic heterocycles. The molecule has 2 fully saturated rings. The number of likely N-dealkylation sites (N-methyl/N-ethyl adjacent to an activating group) is 1. The molecular weight excluding hydrogens is 667 g/mol. The Hall–Kier alpha value is -3.87. The highest BCUT2D eigenvalue weighted by Crippen LogP contribution is 2.37. The Morgan fingerprint density at radius 3 is 2.50 bits per heavy atom. The van der Waals surface area contributed by atoms with Crippen LogP contribution in [0.25, 0.3) is 33.5 Å². The highest BCUT2D eigenvalue weighted by molar-refractivity contribution is 6.76. The van der Waals surface area contributed by atoms with E-state index < -0.39 is 8.07 Å². The summed E-state index contributed by atoms with van der Waals surface area (Å²) < 4.78 is 22.9. The summed E-state index contributed by atoms with van der Waals surface area (Å²) >= 11 is 0. The normalized spacial score (nSPS) is 17.6. The van der Waals surface area contributed by atoms with Crippen molar-refractivity contribution in [3.8, 4) is 28.4 Å². The van der Waals surface area contributed by atoms with E-state index in [9.17, 15) is 0 Å². The van der Waals surface area contributed by atoms with Crippen LogP contribution in [0.1, 0.15) is 49.4 Å². The summed E-state index contributed by atoms with van der Waals surface area (Å²) in [6.07, 6.45) is 3.87. The van der Waals surface area contributed by atoms with E-state index in [2.05, 4.69) is 96.6 Å². The number of nitrogens with zero attached hydrogens (tertiary/aromatic N) is 7. The summed E-state index contributed by atoms with van der Waals surface area (Å²) in [6.45, 7) is 16.5. The molecule has 2 saturated heterocycles. The minimum absolute atomic E-state index is 0.131.